The van der Waals surface area contributed by atoms with Crippen LogP contribution in [0.25, 0.3) is 0 Å². The van der Waals surface area contributed by atoms with Gasteiger partial charge in [0, 0.05) is 38.3 Å². The van der Waals surface area contributed by atoms with Gasteiger partial charge in [0.25, 0.3) is 0 Å². The van der Waals surface area contributed by atoms with Gasteiger partial charge in [0.15, 0.2) is 0 Å². The SMILES string of the molecule is O=C(CCn1ccnc1)NCCCc1ncn[nH]1. The summed E-state index contributed by atoms with van der Waals surface area (Å²) in [5.41, 5.74) is 0. The van der Waals surface area contributed by atoms with Gasteiger partial charge in [-0.15, -0.1) is 0 Å². The molecule has 2 N–H and O–H groups in total. The van der Waals surface area contributed by atoms with Gasteiger partial charge >= 0.3 is 0 Å². The Hall–Kier alpha value is -2.18. The number of H-pyrrole nitrogens is 1. The van der Waals surface area contributed by atoms with Gasteiger partial charge in [-0.2, -0.15) is 5.10 Å². The van der Waals surface area contributed by atoms with Crippen molar-refractivity contribution in [1.29, 1.82) is 0 Å². The van der Waals surface area contributed by atoms with Crippen LogP contribution in [0.1, 0.15) is 18.7 Å². The van der Waals surface area contributed by atoms with Gasteiger partial charge in [-0.05, 0) is 6.42 Å². The molecule has 96 valence electrons. The number of aromatic amines is 1. The molecule has 0 saturated carbocycles. The highest BCUT2D eigenvalue weighted by Gasteiger charge is 2.01. The van der Waals surface area contributed by atoms with Crippen molar-refractivity contribution in [3.8, 4) is 0 Å². The third kappa shape index (κ3) is 4.00. The Balaban J connectivity index is 1.55. The minimum Gasteiger partial charge on any atom is -0.356 e. The van der Waals surface area contributed by atoms with Crippen LogP contribution >= 0.6 is 0 Å². The summed E-state index contributed by atoms with van der Waals surface area (Å²) >= 11 is 0. The van der Waals surface area contributed by atoms with Crippen LogP contribution in [-0.2, 0) is 17.8 Å². The minimum absolute atomic E-state index is 0.0567. The summed E-state index contributed by atoms with van der Waals surface area (Å²) in [6.45, 7) is 1.32. The van der Waals surface area contributed by atoms with E-state index >= 15 is 0 Å². The quantitative estimate of drug-likeness (QED) is 0.682. The summed E-state index contributed by atoms with van der Waals surface area (Å²) in [6.07, 6.45) is 8.86. The molecule has 0 saturated heterocycles. The van der Waals surface area contributed by atoms with E-state index in [0.717, 1.165) is 18.7 Å². The van der Waals surface area contributed by atoms with Gasteiger partial charge in [-0.25, -0.2) is 9.97 Å². The molecule has 0 spiro atoms. The first-order valence-electron chi connectivity index (χ1n) is 5.91. The lowest BCUT2D eigenvalue weighted by atomic mass is 10.3. The fourth-order valence-electron chi connectivity index (χ4n) is 1.57. The molecule has 0 aliphatic rings. The number of hydrogen-bond acceptors (Lipinski definition) is 4. The first kappa shape index (κ1) is 12.3. The summed E-state index contributed by atoms with van der Waals surface area (Å²) in [5.74, 6) is 0.906. The molecule has 0 aliphatic carbocycles. The summed E-state index contributed by atoms with van der Waals surface area (Å²) in [7, 11) is 0. The zero-order valence-electron chi connectivity index (χ0n) is 10.0. The zero-order chi connectivity index (χ0) is 12.6. The average Bonchev–Trinajstić information content (AvgIpc) is 3.04. The lowest BCUT2D eigenvalue weighted by Gasteiger charge is -2.04. The van der Waals surface area contributed by atoms with Gasteiger partial charge in [-0.1, -0.05) is 0 Å². The molecule has 2 rings (SSSR count). The van der Waals surface area contributed by atoms with Crippen molar-refractivity contribution in [3.63, 3.8) is 0 Å². The molecule has 2 heterocycles. The van der Waals surface area contributed by atoms with E-state index in [1.54, 1.807) is 12.5 Å². The minimum atomic E-state index is 0.0567. The fourth-order valence-corrected chi connectivity index (χ4v) is 1.57. The summed E-state index contributed by atoms with van der Waals surface area (Å²) < 4.78 is 1.88. The van der Waals surface area contributed by atoms with E-state index in [1.807, 2.05) is 10.8 Å². The lowest BCUT2D eigenvalue weighted by Crippen LogP contribution is -2.25. The van der Waals surface area contributed by atoms with E-state index in [9.17, 15) is 4.79 Å². The number of imidazole rings is 1. The molecular formula is C11H16N6O. The number of aromatic nitrogens is 5. The molecule has 0 radical (unpaired) electrons. The standard InChI is InChI=1S/C11H16N6O/c18-11(3-6-17-7-5-12-9-17)13-4-1-2-10-14-8-15-16-10/h5,7-9H,1-4,6H2,(H,13,18)(H,14,15,16). The van der Waals surface area contributed by atoms with E-state index in [-0.39, 0.29) is 5.91 Å². The summed E-state index contributed by atoms with van der Waals surface area (Å²) in [5, 5.41) is 9.42. The highest BCUT2D eigenvalue weighted by atomic mass is 16.1. The summed E-state index contributed by atoms with van der Waals surface area (Å²) in [4.78, 5) is 19.5. The van der Waals surface area contributed by atoms with Crippen LogP contribution < -0.4 is 5.32 Å². The van der Waals surface area contributed by atoms with Crippen LogP contribution in [0, 0.1) is 0 Å². The molecule has 0 unspecified atom stereocenters. The van der Waals surface area contributed by atoms with E-state index in [4.69, 9.17) is 0 Å². The van der Waals surface area contributed by atoms with Gasteiger partial charge in [0.05, 0.1) is 6.33 Å². The second kappa shape index (κ2) is 6.53. The molecule has 2 aromatic heterocycles. The van der Waals surface area contributed by atoms with Crippen molar-refractivity contribution in [1.82, 2.24) is 30.0 Å². The molecule has 0 fully saturated rings. The van der Waals surface area contributed by atoms with Crippen molar-refractivity contribution < 1.29 is 4.79 Å². The number of amides is 1. The number of hydrogen-bond donors (Lipinski definition) is 2. The van der Waals surface area contributed by atoms with Gasteiger partial charge in [0.2, 0.25) is 5.91 Å². The first-order valence-corrected chi connectivity index (χ1v) is 5.91. The molecule has 2 aromatic rings. The maximum Gasteiger partial charge on any atom is 0.221 e. The number of nitrogens with zero attached hydrogens (tertiary/aromatic N) is 4. The third-order valence-electron chi connectivity index (χ3n) is 2.53. The predicted octanol–water partition coefficient (Wildman–Crippen LogP) is 0.140. The molecular weight excluding hydrogens is 232 g/mol. The van der Waals surface area contributed by atoms with Gasteiger partial charge < -0.3 is 9.88 Å². The van der Waals surface area contributed by atoms with E-state index in [1.165, 1.54) is 6.33 Å². The maximum atomic E-state index is 11.5. The molecule has 0 bridgehead atoms. The fraction of sp³-hybridized carbons (Fsp3) is 0.455. The molecule has 0 atom stereocenters. The number of carbonyl (C=O) groups excluding carboxylic acids is 1. The van der Waals surface area contributed by atoms with E-state index < -0.39 is 0 Å². The van der Waals surface area contributed by atoms with E-state index in [0.29, 0.717) is 19.5 Å². The third-order valence-corrected chi connectivity index (χ3v) is 2.53. The Kier molecular flexibility index (Phi) is 4.46. The highest BCUT2D eigenvalue weighted by molar-refractivity contribution is 5.75. The molecule has 7 heteroatoms. The second-order valence-corrected chi connectivity index (χ2v) is 3.94. The van der Waals surface area contributed by atoms with Crippen LogP contribution in [-0.4, -0.2) is 37.2 Å². The van der Waals surface area contributed by atoms with Crippen LogP contribution in [0.4, 0.5) is 0 Å². The Morgan fingerprint density at radius 2 is 2.44 bits per heavy atom. The monoisotopic (exact) mass is 248 g/mol. The Bertz CT molecular complexity index is 450. The molecule has 0 aliphatic heterocycles. The van der Waals surface area contributed by atoms with Crippen LogP contribution in [0.3, 0.4) is 0 Å². The Labute approximate surface area is 105 Å². The lowest BCUT2D eigenvalue weighted by molar-refractivity contribution is -0.121. The Morgan fingerprint density at radius 3 is 3.17 bits per heavy atom. The topological polar surface area (TPSA) is 88.5 Å². The van der Waals surface area contributed by atoms with Crippen molar-refractivity contribution >= 4 is 5.91 Å². The number of rotatable bonds is 7. The first-order chi connectivity index (χ1) is 8.84. The van der Waals surface area contributed by atoms with Crippen LogP contribution in [0.5, 0.6) is 0 Å². The van der Waals surface area contributed by atoms with Crippen molar-refractivity contribution in [2.45, 2.75) is 25.8 Å². The number of nitrogens with one attached hydrogen (secondary N) is 2. The predicted molar refractivity (Wildman–Crippen MR) is 64.6 cm³/mol. The average molecular weight is 248 g/mol. The smallest absolute Gasteiger partial charge is 0.221 e. The second-order valence-electron chi connectivity index (χ2n) is 3.94. The number of aryl methyl sites for hydroxylation is 2. The Morgan fingerprint density at radius 1 is 1.50 bits per heavy atom. The molecule has 18 heavy (non-hydrogen) atoms. The summed E-state index contributed by atoms with van der Waals surface area (Å²) in [6, 6.07) is 0. The zero-order valence-corrected chi connectivity index (χ0v) is 10.0. The molecule has 7 nitrogen and oxygen atoms in total. The van der Waals surface area contributed by atoms with Crippen molar-refractivity contribution in [2.24, 2.45) is 0 Å². The van der Waals surface area contributed by atoms with Crippen molar-refractivity contribution in [2.75, 3.05) is 6.54 Å². The number of carbonyl (C=O) groups is 1. The van der Waals surface area contributed by atoms with Crippen molar-refractivity contribution in [3.05, 3.63) is 30.9 Å². The normalized spacial score (nSPS) is 10.4. The van der Waals surface area contributed by atoms with Gasteiger partial charge in [-0.3, -0.25) is 9.89 Å². The van der Waals surface area contributed by atoms with E-state index in [2.05, 4.69) is 25.5 Å². The van der Waals surface area contributed by atoms with Crippen LogP contribution in [0.15, 0.2) is 25.0 Å². The largest absolute Gasteiger partial charge is 0.356 e. The maximum absolute atomic E-state index is 11.5. The molecule has 1 amide bonds. The molecule has 0 aromatic carbocycles. The van der Waals surface area contributed by atoms with Gasteiger partial charge in [0.1, 0.15) is 12.2 Å². The highest BCUT2D eigenvalue weighted by Crippen LogP contribution is 1.93. The van der Waals surface area contributed by atoms with Crippen LogP contribution in [0.2, 0.25) is 0 Å².